The van der Waals surface area contributed by atoms with Crippen molar-refractivity contribution in [2.75, 3.05) is 24.7 Å². The largest absolute Gasteiger partial charge is 0.365 e. The first-order chi connectivity index (χ1) is 8.84. The Labute approximate surface area is 125 Å². The van der Waals surface area contributed by atoms with Gasteiger partial charge in [-0.15, -0.1) is 17.0 Å². The lowest BCUT2D eigenvalue weighted by Crippen LogP contribution is -2.36. The van der Waals surface area contributed by atoms with Crippen LogP contribution in [0.5, 0.6) is 0 Å². The van der Waals surface area contributed by atoms with Gasteiger partial charge in [-0.05, 0) is 18.6 Å². The average molecular weight is 326 g/mol. The summed E-state index contributed by atoms with van der Waals surface area (Å²) < 4.78 is 11.0. The topological polar surface area (TPSA) is 21.7 Å². The molecule has 0 radical (unpaired) electrons. The van der Waals surface area contributed by atoms with Crippen molar-refractivity contribution in [1.82, 2.24) is 0 Å². The molecular formula is C15H20BrNO2. The number of rotatable bonds is 3. The number of para-hydroxylation sites is 1. The molecule has 104 valence electrons. The fraction of sp³-hybridized carbons (Fsp3) is 0.467. The Morgan fingerprint density at radius 2 is 1.95 bits per heavy atom. The molecule has 1 aromatic rings. The summed E-state index contributed by atoms with van der Waals surface area (Å²) in [6.07, 6.45) is 5.36. The molecule has 19 heavy (non-hydrogen) atoms. The molecule has 0 aromatic heterocycles. The average Bonchev–Trinajstić information content (AvgIpc) is 2.91. The van der Waals surface area contributed by atoms with Gasteiger partial charge in [-0.2, -0.15) is 0 Å². The molecule has 1 aromatic carbocycles. The molecule has 2 heterocycles. The number of halogens is 1. The van der Waals surface area contributed by atoms with Gasteiger partial charge in [0, 0.05) is 24.7 Å². The van der Waals surface area contributed by atoms with Crippen molar-refractivity contribution in [2.45, 2.75) is 25.7 Å². The lowest BCUT2D eigenvalue weighted by Gasteiger charge is -2.34. The second-order valence-electron chi connectivity index (χ2n) is 4.81. The summed E-state index contributed by atoms with van der Waals surface area (Å²) in [5, 5.41) is 0. The molecule has 0 amide bonds. The van der Waals surface area contributed by atoms with Crippen LogP contribution in [-0.4, -0.2) is 32.1 Å². The maximum Gasteiger partial charge on any atom is 0.159 e. The Bertz CT molecular complexity index is 444. The predicted octanol–water partition coefficient (Wildman–Crippen LogP) is 3.25. The minimum atomic E-state index is -0.0183. The first-order valence-electron chi connectivity index (χ1n) is 6.62. The van der Waals surface area contributed by atoms with Gasteiger partial charge in [-0.3, -0.25) is 0 Å². The molecule has 1 atom stereocenters. The highest BCUT2D eigenvalue weighted by atomic mass is 79.9. The van der Waals surface area contributed by atoms with Crippen molar-refractivity contribution in [2.24, 2.45) is 0 Å². The number of hydrogen-bond donors (Lipinski definition) is 0. The van der Waals surface area contributed by atoms with Crippen molar-refractivity contribution in [3.63, 3.8) is 0 Å². The Morgan fingerprint density at radius 3 is 2.74 bits per heavy atom. The van der Waals surface area contributed by atoms with Gasteiger partial charge < -0.3 is 14.4 Å². The van der Waals surface area contributed by atoms with Crippen LogP contribution >= 0.6 is 17.0 Å². The molecule has 2 aliphatic rings. The Balaban J connectivity index is 0.00000133. The van der Waals surface area contributed by atoms with Crippen LogP contribution < -0.4 is 4.90 Å². The van der Waals surface area contributed by atoms with Crippen LogP contribution in [0, 0.1) is 0 Å². The summed E-state index contributed by atoms with van der Waals surface area (Å²) in [6, 6.07) is 8.96. The van der Waals surface area contributed by atoms with E-state index in [-0.39, 0.29) is 23.3 Å². The lowest BCUT2D eigenvalue weighted by atomic mass is 10.0. The van der Waals surface area contributed by atoms with Gasteiger partial charge in [0.25, 0.3) is 0 Å². The van der Waals surface area contributed by atoms with Crippen LogP contribution in [0.25, 0.3) is 6.08 Å². The van der Waals surface area contributed by atoms with E-state index in [1.54, 1.807) is 0 Å². The zero-order chi connectivity index (χ0) is 12.4. The monoisotopic (exact) mass is 325 g/mol. The zero-order valence-electron chi connectivity index (χ0n) is 11.1. The van der Waals surface area contributed by atoms with Crippen LogP contribution in [0.15, 0.2) is 30.3 Å². The van der Waals surface area contributed by atoms with Crippen molar-refractivity contribution in [3.05, 3.63) is 35.9 Å². The molecular weight excluding hydrogens is 306 g/mol. The van der Waals surface area contributed by atoms with Crippen molar-refractivity contribution < 1.29 is 9.47 Å². The molecule has 0 N–H and O–H groups in total. The van der Waals surface area contributed by atoms with E-state index >= 15 is 0 Å². The first kappa shape index (κ1) is 14.6. The fourth-order valence-electron chi connectivity index (χ4n) is 2.60. The zero-order valence-corrected chi connectivity index (χ0v) is 12.8. The normalized spacial score (nSPS) is 22.2. The summed E-state index contributed by atoms with van der Waals surface area (Å²) >= 11 is 0. The van der Waals surface area contributed by atoms with Gasteiger partial charge >= 0.3 is 0 Å². The second-order valence-corrected chi connectivity index (χ2v) is 4.81. The smallest absolute Gasteiger partial charge is 0.159 e. The molecule has 1 fully saturated rings. The highest BCUT2D eigenvalue weighted by Crippen LogP contribution is 2.29. The van der Waals surface area contributed by atoms with Crippen LogP contribution in [0.3, 0.4) is 0 Å². The highest BCUT2D eigenvalue weighted by molar-refractivity contribution is 8.93. The van der Waals surface area contributed by atoms with Crippen molar-refractivity contribution in [3.8, 4) is 0 Å². The number of nitrogens with zero attached hydrogens (tertiary/aromatic N) is 1. The van der Waals surface area contributed by atoms with Gasteiger partial charge in [-0.25, -0.2) is 0 Å². The Morgan fingerprint density at radius 1 is 1.21 bits per heavy atom. The molecule has 0 bridgehead atoms. The number of hydrogen-bond acceptors (Lipinski definition) is 3. The van der Waals surface area contributed by atoms with E-state index in [1.165, 1.54) is 11.3 Å². The molecule has 0 aliphatic carbocycles. The van der Waals surface area contributed by atoms with Crippen LogP contribution in [0.1, 0.15) is 18.9 Å². The highest BCUT2D eigenvalue weighted by Gasteiger charge is 2.22. The van der Waals surface area contributed by atoms with Gasteiger partial charge in [-0.1, -0.05) is 30.4 Å². The van der Waals surface area contributed by atoms with E-state index in [9.17, 15) is 0 Å². The summed E-state index contributed by atoms with van der Waals surface area (Å²) in [5.74, 6) is 0. The van der Waals surface area contributed by atoms with E-state index < -0.39 is 0 Å². The molecule has 3 nitrogen and oxygen atoms in total. The van der Waals surface area contributed by atoms with E-state index in [0.717, 1.165) is 26.2 Å². The Hall–Kier alpha value is -0.840. The van der Waals surface area contributed by atoms with Crippen molar-refractivity contribution in [1.29, 1.82) is 0 Å². The number of anilines is 1. The van der Waals surface area contributed by atoms with Crippen LogP contribution in [0.4, 0.5) is 5.69 Å². The summed E-state index contributed by atoms with van der Waals surface area (Å²) in [6.45, 7) is 4.66. The minimum absolute atomic E-state index is 0. The maximum atomic E-state index is 5.50. The quantitative estimate of drug-likeness (QED) is 0.851. The van der Waals surface area contributed by atoms with Gasteiger partial charge in [0.1, 0.15) is 0 Å². The number of fused-ring (bicyclic) bond motifs is 1. The molecule has 2 aliphatic heterocycles. The number of ether oxygens (including phenoxy) is 2. The predicted molar refractivity (Wildman–Crippen MR) is 82.9 cm³/mol. The molecule has 3 rings (SSSR count). The second kappa shape index (κ2) is 6.55. The van der Waals surface area contributed by atoms with E-state index in [4.69, 9.17) is 9.47 Å². The van der Waals surface area contributed by atoms with Gasteiger partial charge in [0.05, 0.1) is 13.2 Å². The van der Waals surface area contributed by atoms with Crippen molar-refractivity contribution >= 4 is 28.7 Å². The third-order valence-corrected chi connectivity index (χ3v) is 3.59. The van der Waals surface area contributed by atoms with Crippen LogP contribution in [-0.2, 0) is 9.47 Å². The molecule has 0 spiro atoms. The summed E-state index contributed by atoms with van der Waals surface area (Å²) in [7, 11) is 0. The third kappa shape index (κ3) is 3.19. The number of benzene rings is 1. The summed E-state index contributed by atoms with van der Waals surface area (Å²) in [4.78, 5) is 2.42. The van der Waals surface area contributed by atoms with Gasteiger partial charge in [0.15, 0.2) is 6.29 Å². The van der Waals surface area contributed by atoms with Crippen LogP contribution in [0.2, 0.25) is 0 Å². The molecule has 1 unspecified atom stereocenters. The van der Waals surface area contributed by atoms with E-state index in [0.29, 0.717) is 6.04 Å². The summed E-state index contributed by atoms with van der Waals surface area (Å²) in [5.41, 5.74) is 2.61. The van der Waals surface area contributed by atoms with Gasteiger partial charge in [0.2, 0.25) is 0 Å². The molecule has 1 saturated heterocycles. The minimum Gasteiger partial charge on any atom is -0.365 e. The Kier molecular flexibility index (Phi) is 5.02. The lowest BCUT2D eigenvalue weighted by molar-refractivity contribution is -0.0450. The SMILES string of the molecule is Br.CC1C=Cc2ccccc2N1CCC1OCCO1. The molecule has 0 saturated carbocycles. The maximum absolute atomic E-state index is 5.50. The fourth-order valence-corrected chi connectivity index (χ4v) is 2.60. The van der Waals surface area contributed by atoms with E-state index in [2.05, 4.69) is 48.2 Å². The molecule has 4 heteroatoms. The first-order valence-corrected chi connectivity index (χ1v) is 6.62. The van der Waals surface area contributed by atoms with E-state index in [1.807, 2.05) is 0 Å². The standard InChI is InChI=1S/C15H19NO2.BrH/c1-12-6-7-13-4-2-3-5-14(13)16(12)9-8-15-17-10-11-18-15;/h2-7,12,15H,8-11H2,1H3;1H. The third-order valence-electron chi connectivity index (χ3n) is 3.59.